The second-order valence-electron chi connectivity index (χ2n) is 17.0. The molecule has 6 aliphatic rings. The maximum Gasteiger partial charge on any atom is 0.416 e. The van der Waals surface area contributed by atoms with E-state index in [1.807, 2.05) is 0 Å². The van der Waals surface area contributed by atoms with E-state index in [0.29, 0.717) is 39.1 Å². The number of nitrogens with one attached hydrogen (secondary N) is 2. The van der Waals surface area contributed by atoms with Gasteiger partial charge in [-0.3, -0.25) is 24.0 Å². The number of likely N-dealkylation sites (tertiary alicyclic amines) is 1. The predicted octanol–water partition coefficient (Wildman–Crippen LogP) is 4.37. The number of hydrogen-bond donors (Lipinski definition) is 2. The summed E-state index contributed by atoms with van der Waals surface area (Å²) in [5.74, 6) is -2.09. The predicted molar refractivity (Wildman–Crippen MR) is 192 cm³/mol. The zero-order valence-electron chi connectivity index (χ0n) is 32.1. The normalized spacial score (nSPS) is 26.4. The zero-order valence-corrected chi connectivity index (χ0v) is 32.1. The van der Waals surface area contributed by atoms with Crippen LogP contribution < -0.4 is 15.4 Å². The van der Waals surface area contributed by atoms with Crippen LogP contribution in [0.3, 0.4) is 0 Å². The lowest BCUT2D eigenvalue weighted by molar-refractivity contribution is -0.270. The maximum atomic E-state index is 16.4. The molecule has 306 valence electrons. The first-order valence-corrected chi connectivity index (χ1v) is 19.6. The number of ether oxygens (including phenoxy) is 4. The number of nitrogens with zero attached hydrogens (tertiary/aromatic N) is 4. The number of rotatable bonds is 11. The van der Waals surface area contributed by atoms with E-state index < -0.39 is 71.8 Å². The molecule has 0 radical (unpaired) electrons. The number of carbonyl (C=O) groups is 3. The van der Waals surface area contributed by atoms with Gasteiger partial charge in [0, 0.05) is 51.5 Å². The molecule has 1 aromatic heterocycles. The van der Waals surface area contributed by atoms with Crippen molar-refractivity contribution >= 4 is 23.4 Å². The molecule has 4 aliphatic heterocycles. The van der Waals surface area contributed by atoms with Gasteiger partial charge in [-0.25, -0.2) is 4.39 Å². The van der Waals surface area contributed by atoms with Crippen molar-refractivity contribution < 1.29 is 50.9 Å². The number of aromatic nitrogens is 2. The van der Waals surface area contributed by atoms with Crippen LogP contribution in [0.25, 0.3) is 0 Å². The lowest BCUT2D eigenvalue weighted by atomic mass is 9.79. The summed E-state index contributed by atoms with van der Waals surface area (Å²) in [5.41, 5.74) is -2.05. The summed E-state index contributed by atoms with van der Waals surface area (Å²) in [6.07, 6.45) is -2.37. The molecule has 1 aromatic carbocycles. The molecule has 17 heteroatoms. The number of carbonyl (C=O) groups excluding carboxylic acids is 3. The van der Waals surface area contributed by atoms with E-state index in [-0.39, 0.29) is 52.9 Å². The number of piperidine rings is 1. The number of amides is 3. The van der Waals surface area contributed by atoms with Crippen LogP contribution in [0.15, 0.2) is 24.4 Å². The minimum atomic E-state index is -4.80. The van der Waals surface area contributed by atoms with Crippen LogP contribution in [0.4, 0.5) is 23.2 Å². The van der Waals surface area contributed by atoms with E-state index in [2.05, 4.69) is 20.6 Å². The van der Waals surface area contributed by atoms with Crippen molar-refractivity contribution in [3.63, 3.8) is 0 Å². The molecule has 8 rings (SSSR count). The minimum absolute atomic E-state index is 0.128. The smallest absolute Gasteiger partial charge is 0.416 e. The van der Waals surface area contributed by atoms with Gasteiger partial charge >= 0.3 is 6.18 Å². The first kappa shape index (κ1) is 39.0. The number of fused-ring (bicyclic) bond motifs is 1. The average molecular weight is 791 g/mol. The third-order valence-electron chi connectivity index (χ3n) is 12.9. The highest BCUT2D eigenvalue weighted by Gasteiger charge is 2.56. The Bertz CT molecular complexity index is 1820. The molecule has 13 nitrogen and oxygen atoms in total. The lowest BCUT2D eigenvalue weighted by Gasteiger charge is -2.52. The molecule has 2 aromatic rings. The van der Waals surface area contributed by atoms with Crippen LogP contribution in [0.5, 0.6) is 5.75 Å². The number of anilines is 1. The van der Waals surface area contributed by atoms with Gasteiger partial charge in [-0.1, -0.05) is 0 Å². The van der Waals surface area contributed by atoms with E-state index in [0.717, 1.165) is 36.6 Å². The number of alkyl halides is 3. The van der Waals surface area contributed by atoms with Crippen molar-refractivity contribution in [1.82, 2.24) is 24.9 Å². The molecule has 0 bridgehead atoms. The van der Waals surface area contributed by atoms with E-state index in [9.17, 15) is 27.6 Å². The Hall–Kier alpha value is -3.80. The Labute approximate surface area is 322 Å². The van der Waals surface area contributed by atoms with Crippen molar-refractivity contribution in [2.45, 2.75) is 107 Å². The van der Waals surface area contributed by atoms with Crippen molar-refractivity contribution in [1.29, 1.82) is 0 Å². The van der Waals surface area contributed by atoms with Gasteiger partial charge < -0.3 is 34.5 Å². The van der Waals surface area contributed by atoms with E-state index >= 15 is 4.39 Å². The minimum Gasteiger partial charge on any atom is -0.487 e. The van der Waals surface area contributed by atoms with Gasteiger partial charge in [0.2, 0.25) is 5.91 Å². The van der Waals surface area contributed by atoms with E-state index in [1.165, 1.54) is 37.9 Å². The van der Waals surface area contributed by atoms with Crippen LogP contribution in [0.2, 0.25) is 0 Å². The fourth-order valence-corrected chi connectivity index (χ4v) is 9.03. The van der Waals surface area contributed by atoms with Crippen molar-refractivity contribution in [3.05, 3.63) is 41.5 Å². The van der Waals surface area contributed by atoms with Crippen LogP contribution >= 0.6 is 0 Å². The fraction of sp³-hybridized carbons (Fsp3) is 0.692. The highest BCUT2D eigenvalue weighted by Crippen LogP contribution is 2.52. The van der Waals surface area contributed by atoms with E-state index in [4.69, 9.17) is 18.9 Å². The Morgan fingerprint density at radius 1 is 1.07 bits per heavy atom. The summed E-state index contributed by atoms with van der Waals surface area (Å²) < 4.78 is 84.2. The summed E-state index contributed by atoms with van der Waals surface area (Å²) >= 11 is 0. The molecular formula is C39H50F4N6O7. The van der Waals surface area contributed by atoms with Gasteiger partial charge in [-0.05, 0) is 82.3 Å². The molecule has 2 saturated carbocycles. The van der Waals surface area contributed by atoms with Crippen molar-refractivity contribution in [2.24, 2.45) is 24.8 Å². The van der Waals surface area contributed by atoms with Crippen LogP contribution in [-0.2, 0) is 30.8 Å². The first-order chi connectivity index (χ1) is 26.6. The summed E-state index contributed by atoms with van der Waals surface area (Å²) in [4.78, 5) is 45.3. The third-order valence-corrected chi connectivity index (χ3v) is 12.9. The van der Waals surface area contributed by atoms with Gasteiger partial charge in [-0.15, -0.1) is 0 Å². The molecule has 2 N–H and O–H groups in total. The summed E-state index contributed by atoms with van der Waals surface area (Å²) in [6, 6.07) is 2.37. The van der Waals surface area contributed by atoms with E-state index in [1.54, 1.807) is 13.1 Å². The van der Waals surface area contributed by atoms with Gasteiger partial charge in [0.05, 0.1) is 43.1 Å². The molecule has 56 heavy (non-hydrogen) atoms. The van der Waals surface area contributed by atoms with Crippen molar-refractivity contribution in [3.8, 4) is 5.75 Å². The summed E-state index contributed by atoms with van der Waals surface area (Å²) in [5, 5.41) is 9.75. The van der Waals surface area contributed by atoms with Crippen LogP contribution in [0, 0.1) is 23.6 Å². The first-order valence-electron chi connectivity index (χ1n) is 19.6. The standard InChI is InChI=1S/C39H50F4N6O7/c1-37(2,53-4)33-36(52)49(18-30(55-33)39(41,42)43)28-17-38(10-13-48(14-11-38)23-19-54-20-23)56-29-16-26(25(40)15-24(28)29)45-35(51)32(31(21-5-6-21)22-7-8-22)46-34(50)27-9-12-44-47(27)3/h9,12,15-16,21-23,28,30-33H,5-8,10-11,13-14,17-20H2,1-4H3,(H,45,51)(H,46,50)/t28?,30?,32-,33?/m0/s1. The van der Waals surface area contributed by atoms with Gasteiger partial charge in [0.1, 0.15) is 28.9 Å². The molecule has 2 aliphatic carbocycles. The molecule has 3 saturated heterocycles. The molecule has 3 amide bonds. The Morgan fingerprint density at radius 3 is 2.30 bits per heavy atom. The number of halogens is 4. The largest absolute Gasteiger partial charge is 0.487 e. The Kier molecular flexibility index (Phi) is 10.1. The number of benzene rings is 1. The molecule has 3 unspecified atom stereocenters. The Morgan fingerprint density at radius 2 is 1.75 bits per heavy atom. The van der Waals surface area contributed by atoms with Crippen LogP contribution in [0.1, 0.15) is 80.9 Å². The second kappa shape index (κ2) is 14.5. The monoisotopic (exact) mass is 790 g/mol. The number of aryl methyl sites for hydroxylation is 1. The average Bonchev–Trinajstić information content (AvgIpc) is 4.08. The molecule has 1 spiro atoms. The van der Waals surface area contributed by atoms with Gasteiger partial charge in [0.15, 0.2) is 12.2 Å². The SMILES string of the molecule is COC(C)(C)C1OC(C(F)(F)F)CN(C2CC3(CCN(C4COC4)CC3)Oc3cc(NC(=O)[C@@H](NC(=O)c4ccnn4C)C(C4CC4)C4CC4)c(F)cc32)C1=O. The molecule has 5 fully saturated rings. The number of morpholine rings is 1. The summed E-state index contributed by atoms with van der Waals surface area (Å²) in [6.45, 7) is 4.67. The van der Waals surface area contributed by atoms with Crippen molar-refractivity contribution in [2.75, 3.05) is 45.3 Å². The Balaban J connectivity index is 1.13. The fourth-order valence-electron chi connectivity index (χ4n) is 9.03. The quantitative estimate of drug-likeness (QED) is 0.318. The second-order valence-corrected chi connectivity index (χ2v) is 17.0. The molecular weight excluding hydrogens is 740 g/mol. The van der Waals surface area contributed by atoms with Gasteiger partial charge in [-0.2, -0.15) is 18.3 Å². The maximum absolute atomic E-state index is 16.4. The highest BCUT2D eigenvalue weighted by molar-refractivity contribution is 6.01. The highest BCUT2D eigenvalue weighted by atomic mass is 19.4. The van der Waals surface area contributed by atoms with Gasteiger partial charge in [0.25, 0.3) is 11.8 Å². The lowest BCUT2D eigenvalue weighted by Crippen LogP contribution is -2.64. The van der Waals surface area contributed by atoms with Crippen LogP contribution in [-0.4, -0.2) is 119 Å². The molecule has 5 heterocycles. The zero-order chi connectivity index (χ0) is 39.7. The topological polar surface area (TPSA) is 136 Å². The number of methoxy groups -OCH3 is 1. The third kappa shape index (κ3) is 7.51. The molecule has 4 atom stereocenters. The number of hydrogen-bond acceptors (Lipinski definition) is 9. The summed E-state index contributed by atoms with van der Waals surface area (Å²) in [7, 11) is 2.93.